The van der Waals surface area contributed by atoms with Crippen LogP contribution in [0.15, 0.2) is 0 Å². The normalized spacial score (nSPS) is 21.8. The number of morpholine rings is 1. The predicted octanol–water partition coefficient (Wildman–Crippen LogP) is 0.991. The number of anilines is 1. The van der Waals surface area contributed by atoms with Gasteiger partial charge in [-0.2, -0.15) is 5.10 Å². The van der Waals surface area contributed by atoms with Gasteiger partial charge in [-0.1, -0.05) is 0 Å². The van der Waals surface area contributed by atoms with E-state index in [2.05, 4.69) is 29.2 Å². The highest BCUT2D eigenvalue weighted by molar-refractivity contribution is 5.46. The van der Waals surface area contributed by atoms with E-state index in [1.54, 1.807) is 0 Å². The first-order valence-corrected chi connectivity index (χ1v) is 6.16. The van der Waals surface area contributed by atoms with Crippen LogP contribution in [0.3, 0.4) is 0 Å². The van der Waals surface area contributed by atoms with Crippen LogP contribution in [-0.4, -0.2) is 47.5 Å². The van der Waals surface area contributed by atoms with Crippen molar-refractivity contribution < 1.29 is 4.74 Å². The Balaban J connectivity index is 2.12. The van der Waals surface area contributed by atoms with E-state index in [0.29, 0.717) is 6.10 Å². The summed E-state index contributed by atoms with van der Waals surface area (Å²) in [6.07, 6.45) is 0.332. The van der Waals surface area contributed by atoms with Crippen molar-refractivity contribution in [2.75, 3.05) is 32.1 Å². The average molecular weight is 238 g/mol. The smallest absolute Gasteiger partial charge is 0.128 e. The van der Waals surface area contributed by atoms with Gasteiger partial charge in [0.15, 0.2) is 0 Å². The number of aryl methyl sites for hydroxylation is 2. The predicted molar refractivity (Wildman–Crippen MR) is 68.2 cm³/mol. The van der Waals surface area contributed by atoms with Crippen molar-refractivity contribution in [2.45, 2.75) is 26.5 Å². The molecule has 1 unspecified atom stereocenters. The quantitative estimate of drug-likeness (QED) is 0.853. The van der Waals surface area contributed by atoms with E-state index in [1.807, 2.05) is 18.8 Å². The van der Waals surface area contributed by atoms with Gasteiger partial charge in [-0.15, -0.1) is 0 Å². The monoisotopic (exact) mass is 238 g/mol. The number of hydrogen-bond donors (Lipinski definition) is 1. The van der Waals surface area contributed by atoms with E-state index in [-0.39, 0.29) is 0 Å². The van der Waals surface area contributed by atoms with Crippen molar-refractivity contribution in [1.29, 1.82) is 0 Å². The fourth-order valence-electron chi connectivity index (χ4n) is 2.46. The van der Waals surface area contributed by atoms with Gasteiger partial charge in [0, 0.05) is 39.3 Å². The second kappa shape index (κ2) is 5.06. The lowest BCUT2D eigenvalue weighted by Crippen LogP contribution is -2.40. The number of hydrogen-bond acceptors (Lipinski definition) is 4. The number of aromatic nitrogens is 2. The molecule has 1 aliphatic heterocycles. The van der Waals surface area contributed by atoms with Gasteiger partial charge >= 0.3 is 0 Å². The highest BCUT2D eigenvalue weighted by Crippen LogP contribution is 2.21. The third-order valence-electron chi connectivity index (χ3n) is 3.29. The van der Waals surface area contributed by atoms with Crippen LogP contribution >= 0.6 is 0 Å². The highest BCUT2D eigenvalue weighted by atomic mass is 16.5. The lowest BCUT2D eigenvalue weighted by molar-refractivity contribution is -0.0212. The van der Waals surface area contributed by atoms with Crippen LogP contribution in [0.1, 0.15) is 18.2 Å². The summed E-state index contributed by atoms with van der Waals surface area (Å²) >= 11 is 0. The molecule has 2 rings (SSSR count). The molecule has 0 bridgehead atoms. The van der Waals surface area contributed by atoms with Crippen molar-refractivity contribution in [3.05, 3.63) is 11.3 Å². The maximum atomic E-state index is 5.56. The molecular formula is C12H22N4O. The minimum atomic E-state index is 0.332. The molecule has 0 saturated carbocycles. The van der Waals surface area contributed by atoms with Crippen LogP contribution in [-0.2, 0) is 18.3 Å². The molecule has 0 spiro atoms. The third kappa shape index (κ3) is 2.61. The van der Waals surface area contributed by atoms with Crippen LogP contribution < -0.4 is 5.32 Å². The van der Waals surface area contributed by atoms with Crippen LogP contribution in [0, 0.1) is 6.92 Å². The van der Waals surface area contributed by atoms with E-state index in [4.69, 9.17) is 4.74 Å². The first-order valence-electron chi connectivity index (χ1n) is 6.16. The molecule has 0 amide bonds. The molecule has 5 heteroatoms. The van der Waals surface area contributed by atoms with E-state index < -0.39 is 0 Å². The molecule has 17 heavy (non-hydrogen) atoms. The van der Waals surface area contributed by atoms with Crippen molar-refractivity contribution >= 4 is 5.82 Å². The standard InChI is InChI=1S/C12H22N4O/c1-9-7-16(5-6-17-9)8-11-10(2)14-15(4)12(11)13-3/h9,13H,5-8H2,1-4H3. The summed E-state index contributed by atoms with van der Waals surface area (Å²) in [6.45, 7) is 7.97. The van der Waals surface area contributed by atoms with E-state index in [9.17, 15) is 0 Å². The molecule has 1 N–H and O–H groups in total. The molecule has 0 aromatic carbocycles. The molecule has 0 radical (unpaired) electrons. The maximum Gasteiger partial charge on any atom is 0.128 e. The second-order valence-electron chi connectivity index (χ2n) is 4.70. The molecular weight excluding hydrogens is 216 g/mol. The van der Waals surface area contributed by atoms with Gasteiger partial charge in [0.05, 0.1) is 18.4 Å². The number of ether oxygens (including phenoxy) is 1. The van der Waals surface area contributed by atoms with Gasteiger partial charge in [-0.25, -0.2) is 0 Å². The number of rotatable bonds is 3. The van der Waals surface area contributed by atoms with Gasteiger partial charge in [0.2, 0.25) is 0 Å². The first-order chi connectivity index (χ1) is 8.11. The Morgan fingerprint density at radius 1 is 1.53 bits per heavy atom. The molecule has 1 saturated heterocycles. The molecule has 1 aromatic heterocycles. The van der Waals surface area contributed by atoms with E-state index in [0.717, 1.165) is 37.8 Å². The summed E-state index contributed by atoms with van der Waals surface area (Å²) in [5, 5.41) is 7.69. The summed E-state index contributed by atoms with van der Waals surface area (Å²) in [4.78, 5) is 2.43. The minimum Gasteiger partial charge on any atom is -0.376 e. The summed E-state index contributed by atoms with van der Waals surface area (Å²) in [5.41, 5.74) is 2.40. The zero-order valence-corrected chi connectivity index (χ0v) is 11.2. The zero-order chi connectivity index (χ0) is 12.4. The Hall–Kier alpha value is -1.07. The Labute approximate surface area is 103 Å². The van der Waals surface area contributed by atoms with Crippen LogP contribution in [0.25, 0.3) is 0 Å². The van der Waals surface area contributed by atoms with Crippen LogP contribution in [0.5, 0.6) is 0 Å². The highest BCUT2D eigenvalue weighted by Gasteiger charge is 2.20. The molecule has 5 nitrogen and oxygen atoms in total. The van der Waals surface area contributed by atoms with Crippen molar-refractivity contribution in [3.63, 3.8) is 0 Å². The Kier molecular flexibility index (Phi) is 3.69. The molecule has 1 aromatic rings. The molecule has 2 heterocycles. The SMILES string of the molecule is CNc1c(CN2CCOC(C)C2)c(C)nn1C. The zero-order valence-electron chi connectivity index (χ0n) is 11.2. The number of nitrogens with one attached hydrogen (secondary N) is 1. The van der Waals surface area contributed by atoms with Crippen molar-refractivity contribution in [1.82, 2.24) is 14.7 Å². The fourth-order valence-corrected chi connectivity index (χ4v) is 2.46. The van der Waals surface area contributed by atoms with Crippen LogP contribution in [0.2, 0.25) is 0 Å². The summed E-state index contributed by atoms with van der Waals surface area (Å²) in [7, 11) is 3.92. The Bertz CT molecular complexity index is 388. The average Bonchev–Trinajstić information content (AvgIpc) is 2.53. The number of nitrogens with zero attached hydrogens (tertiary/aromatic N) is 3. The largest absolute Gasteiger partial charge is 0.376 e. The molecule has 96 valence electrons. The van der Waals surface area contributed by atoms with Gasteiger partial charge in [-0.05, 0) is 13.8 Å². The van der Waals surface area contributed by atoms with Gasteiger partial charge in [-0.3, -0.25) is 9.58 Å². The first kappa shape index (κ1) is 12.4. The molecule has 1 atom stereocenters. The Morgan fingerprint density at radius 2 is 2.29 bits per heavy atom. The van der Waals surface area contributed by atoms with Gasteiger partial charge < -0.3 is 10.1 Å². The summed E-state index contributed by atoms with van der Waals surface area (Å²) in [5.74, 6) is 1.11. The summed E-state index contributed by atoms with van der Waals surface area (Å²) < 4.78 is 7.47. The van der Waals surface area contributed by atoms with Crippen molar-refractivity contribution in [3.8, 4) is 0 Å². The third-order valence-corrected chi connectivity index (χ3v) is 3.29. The lowest BCUT2D eigenvalue weighted by Gasteiger charge is -2.31. The summed E-state index contributed by atoms with van der Waals surface area (Å²) in [6, 6.07) is 0. The maximum absolute atomic E-state index is 5.56. The van der Waals surface area contributed by atoms with E-state index in [1.165, 1.54) is 5.56 Å². The van der Waals surface area contributed by atoms with Gasteiger partial charge in [0.25, 0.3) is 0 Å². The molecule has 1 fully saturated rings. The topological polar surface area (TPSA) is 42.3 Å². The van der Waals surface area contributed by atoms with E-state index >= 15 is 0 Å². The molecule has 1 aliphatic rings. The molecule has 0 aliphatic carbocycles. The second-order valence-corrected chi connectivity index (χ2v) is 4.70. The Morgan fingerprint density at radius 3 is 2.94 bits per heavy atom. The fraction of sp³-hybridized carbons (Fsp3) is 0.750. The van der Waals surface area contributed by atoms with Crippen molar-refractivity contribution in [2.24, 2.45) is 7.05 Å². The van der Waals surface area contributed by atoms with Gasteiger partial charge in [0.1, 0.15) is 5.82 Å². The lowest BCUT2D eigenvalue weighted by atomic mass is 10.2. The minimum absolute atomic E-state index is 0.332. The van der Waals surface area contributed by atoms with Crippen LogP contribution in [0.4, 0.5) is 5.82 Å².